The van der Waals surface area contributed by atoms with Gasteiger partial charge in [-0.3, -0.25) is 0 Å². The van der Waals surface area contributed by atoms with E-state index in [1.54, 1.807) is 0 Å². The number of halogens is 14. The maximum Gasteiger partial charge on any atom is 0.339 e. The van der Waals surface area contributed by atoms with Gasteiger partial charge in [0.2, 0.25) is 0 Å². The van der Waals surface area contributed by atoms with Gasteiger partial charge < -0.3 is 5.11 Å². The molecule has 0 amide bonds. The molecule has 4 aliphatic carbocycles. The van der Waals surface area contributed by atoms with E-state index in [-0.39, 0.29) is 6.92 Å². The zero-order valence-electron chi connectivity index (χ0n) is 12.4. The Hall–Kier alpha value is -1.02. The van der Waals surface area contributed by atoms with Crippen LogP contribution in [0.4, 0.5) is 61.5 Å². The predicted molar refractivity (Wildman–Crippen MR) is 55.3 cm³/mol. The summed E-state index contributed by atoms with van der Waals surface area (Å²) in [5, 5.41) is 9.61. The van der Waals surface area contributed by atoms with E-state index >= 15 is 0 Å². The number of hydrogen-bond acceptors (Lipinski definition) is 1. The van der Waals surface area contributed by atoms with E-state index in [1.807, 2.05) is 0 Å². The molecule has 4 fully saturated rings. The second kappa shape index (κ2) is 3.99. The molecule has 0 spiro atoms. The van der Waals surface area contributed by atoms with Gasteiger partial charge >= 0.3 is 41.0 Å². The molecular formula is C12H6F14O. The second-order valence-electron chi connectivity index (χ2n) is 6.72. The van der Waals surface area contributed by atoms with Crippen LogP contribution in [0.1, 0.15) is 13.3 Å². The molecular weight excluding hydrogens is 426 g/mol. The normalized spacial score (nSPS) is 55.6. The molecule has 0 aromatic heterocycles. The quantitative estimate of drug-likeness (QED) is 0.617. The summed E-state index contributed by atoms with van der Waals surface area (Å²) < 4.78 is 199. The summed E-state index contributed by atoms with van der Waals surface area (Å²) in [4.78, 5) is 0. The third kappa shape index (κ3) is 1.09. The van der Waals surface area contributed by atoms with Gasteiger partial charge in [0.05, 0.1) is 0 Å². The molecule has 1 nitrogen and oxygen atoms in total. The second-order valence-corrected chi connectivity index (χ2v) is 6.72. The molecule has 0 heterocycles. The first-order chi connectivity index (χ1) is 11.6. The van der Waals surface area contributed by atoms with Crippen LogP contribution in [0.5, 0.6) is 0 Å². The van der Waals surface area contributed by atoms with Crippen molar-refractivity contribution in [2.24, 2.45) is 0 Å². The number of rotatable bonds is 1. The molecule has 158 valence electrons. The minimum atomic E-state index is -7.69. The number of hydrogen-bond donors (Lipinski definition) is 1. The SMILES string of the molecule is CCC1(O)C2(F)C(F)(F)C3(F)C(F)(F)C(F)(C2(F)F)C(F)(F)C1(F)C3(F)F. The first kappa shape index (κ1) is 20.7. The Labute approximate surface area is 139 Å². The molecule has 4 bridgehead atoms. The van der Waals surface area contributed by atoms with Gasteiger partial charge in [-0.05, 0) is 6.42 Å². The van der Waals surface area contributed by atoms with Crippen molar-refractivity contribution in [3.8, 4) is 0 Å². The van der Waals surface area contributed by atoms with Crippen LogP contribution in [-0.2, 0) is 0 Å². The Morgan fingerprint density at radius 2 is 0.630 bits per heavy atom. The van der Waals surface area contributed by atoms with Crippen molar-refractivity contribution >= 4 is 0 Å². The molecule has 0 aromatic rings. The van der Waals surface area contributed by atoms with Gasteiger partial charge in [0.25, 0.3) is 11.3 Å². The molecule has 0 aromatic carbocycles. The molecule has 0 aliphatic heterocycles. The monoisotopic (exact) mass is 432 g/mol. The van der Waals surface area contributed by atoms with Crippen molar-refractivity contribution < 1.29 is 66.6 Å². The average Bonchev–Trinajstić information content (AvgIpc) is 2.53. The minimum Gasteiger partial charge on any atom is -0.382 e. The molecule has 0 atom stereocenters. The summed E-state index contributed by atoms with van der Waals surface area (Å²) in [6.45, 7) is -0.0167. The number of alkyl halides is 14. The maximum absolute atomic E-state index is 14.8. The maximum atomic E-state index is 14.8. The summed E-state index contributed by atoms with van der Waals surface area (Å²) in [6.07, 6.45) is -2.44. The molecule has 27 heavy (non-hydrogen) atoms. The summed E-state index contributed by atoms with van der Waals surface area (Å²) in [6, 6.07) is 0. The van der Waals surface area contributed by atoms with Crippen LogP contribution >= 0.6 is 0 Å². The molecule has 1 N–H and O–H groups in total. The summed E-state index contributed by atoms with van der Waals surface area (Å²) >= 11 is 0. The van der Waals surface area contributed by atoms with Gasteiger partial charge in [0.15, 0.2) is 5.60 Å². The lowest BCUT2D eigenvalue weighted by Crippen LogP contribution is -3.10. The first-order valence-corrected chi connectivity index (χ1v) is 6.93. The van der Waals surface area contributed by atoms with Crippen LogP contribution in [0, 0.1) is 0 Å². The molecule has 15 heteroatoms. The molecule has 4 aliphatic rings. The van der Waals surface area contributed by atoms with Crippen molar-refractivity contribution in [3.63, 3.8) is 0 Å². The highest BCUT2D eigenvalue weighted by Gasteiger charge is 3.21. The third-order valence-electron chi connectivity index (χ3n) is 5.98. The van der Waals surface area contributed by atoms with Crippen molar-refractivity contribution in [1.82, 2.24) is 0 Å². The highest BCUT2D eigenvalue weighted by Crippen LogP contribution is 2.88. The van der Waals surface area contributed by atoms with Gasteiger partial charge in [-0.25, -0.2) is 17.6 Å². The van der Waals surface area contributed by atoms with Crippen LogP contribution in [0.15, 0.2) is 0 Å². The first-order valence-electron chi connectivity index (χ1n) is 6.93. The Balaban J connectivity index is 2.72. The molecule has 4 rings (SSSR count). The van der Waals surface area contributed by atoms with Crippen molar-refractivity contribution in [2.45, 2.75) is 71.2 Å². The Morgan fingerprint density at radius 3 is 0.815 bits per heavy atom. The molecule has 0 radical (unpaired) electrons. The fourth-order valence-corrected chi connectivity index (χ4v) is 4.53. The zero-order valence-corrected chi connectivity index (χ0v) is 12.4. The molecule has 0 unspecified atom stereocenters. The van der Waals surface area contributed by atoms with Crippen molar-refractivity contribution in [3.05, 3.63) is 0 Å². The zero-order chi connectivity index (χ0) is 21.7. The summed E-state index contributed by atoms with van der Waals surface area (Å²) in [5.74, 6) is -37.3. The van der Waals surface area contributed by atoms with Crippen LogP contribution < -0.4 is 0 Å². The van der Waals surface area contributed by atoms with Crippen molar-refractivity contribution in [1.29, 1.82) is 0 Å². The van der Waals surface area contributed by atoms with E-state index in [9.17, 15) is 66.6 Å². The lowest BCUT2D eigenvalue weighted by atomic mass is 9.37. The molecule has 4 saturated carbocycles. The lowest BCUT2D eigenvalue weighted by molar-refractivity contribution is -0.601. The summed E-state index contributed by atoms with van der Waals surface area (Å²) in [5.41, 5.74) is -34.7. The smallest absolute Gasteiger partial charge is 0.339 e. The fraction of sp³-hybridized carbons (Fsp3) is 1.00. The predicted octanol–water partition coefficient (Wildman–Crippen LogP) is 4.18. The van der Waals surface area contributed by atoms with E-state index in [4.69, 9.17) is 0 Å². The minimum absolute atomic E-state index is 0.0167. The Bertz CT molecular complexity index is 640. The van der Waals surface area contributed by atoms with Crippen molar-refractivity contribution in [2.75, 3.05) is 0 Å². The Kier molecular flexibility index (Phi) is 3.06. The lowest BCUT2D eigenvalue weighted by Gasteiger charge is -2.75. The molecule has 0 saturated heterocycles. The summed E-state index contributed by atoms with van der Waals surface area (Å²) in [7, 11) is 0. The van der Waals surface area contributed by atoms with Gasteiger partial charge in [-0.1, -0.05) is 6.92 Å². The average molecular weight is 432 g/mol. The highest BCUT2D eigenvalue weighted by molar-refractivity contribution is 5.55. The van der Waals surface area contributed by atoms with E-state index in [0.717, 1.165) is 0 Å². The van der Waals surface area contributed by atoms with Crippen LogP contribution in [0.3, 0.4) is 0 Å². The number of aliphatic hydroxyl groups is 1. The fourth-order valence-electron chi connectivity index (χ4n) is 4.53. The van der Waals surface area contributed by atoms with E-state index in [1.165, 1.54) is 0 Å². The standard InChI is InChI=1S/C12H6F14O/c1-2-3(27)4(13)8(17,18)6(15)10(21,22)5(3,14)11(23,24)7(16,9(4,19)20)12(6,25)26/h27H,2H2,1H3. The Morgan fingerprint density at radius 1 is 0.444 bits per heavy atom. The van der Waals surface area contributed by atoms with E-state index in [0.29, 0.717) is 0 Å². The topological polar surface area (TPSA) is 20.2 Å². The van der Waals surface area contributed by atoms with Crippen LogP contribution in [0.25, 0.3) is 0 Å². The van der Waals surface area contributed by atoms with Gasteiger partial charge in [0.1, 0.15) is 0 Å². The largest absolute Gasteiger partial charge is 0.382 e. The highest BCUT2D eigenvalue weighted by atomic mass is 19.3. The van der Waals surface area contributed by atoms with Gasteiger partial charge in [0, 0.05) is 0 Å². The van der Waals surface area contributed by atoms with Crippen LogP contribution in [-0.4, -0.2) is 63.0 Å². The van der Waals surface area contributed by atoms with Gasteiger partial charge in [-0.15, -0.1) is 0 Å². The van der Waals surface area contributed by atoms with E-state index in [2.05, 4.69) is 0 Å². The van der Waals surface area contributed by atoms with Crippen LogP contribution in [0.2, 0.25) is 0 Å². The van der Waals surface area contributed by atoms with Gasteiger partial charge in [-0.2, -0.15) is 43.9 Å². The van der Waals surface area contributed by atoms with E-state index < -0.39 is 64.3 Å². The third-order valence-corrected chi connectivity index (χ3v) is 5.98.